The van der Waals surface area contributed by atoms with E-state index in [-0.39, 0.29) is 5.91 Å². The van der Waals surface area contributed by atoms with Gasteiger partial charge in [-0.2, -0.15) is 0 Å². The van der Waals surface area contributed by atoms with Crippen LogP contribution in [0.4, 0.5) is 0 Å². The molecule has 0 fully saturated rings. The lowest BCUT2D eigenvalue weighted by Gasteiger charge is -2.18. The van der Waals surface area contributed by atoms with E-state index in [0.717, 1.165) is 50.3 Å². The van der Waals surface area contributed by atoms with Crippen molar-refractivity contribution in [3.05, 3.63) is 35.9 Å². The average molecular weight is 289 g/mol. The van der Waals surface area contributed by atoms with Gasteiger partial charge >= 0.3 is 0 Å². The van der Waals surface area contributed by atoms with Gasteiger partial charge in [0.05, 0.1) is 6.61 Å². The first kappa shape index (κ1) is 17.3. The minimum Gasteiger partial charge on any atom is -0.494 e. The van der Waals surface area contributed by atoms with Gasteiger partial charge in [-0.25, -0.2) is 0 Å². The zero-order valence-corrected chi connectivity index (χ0v) is 13.5. The molecular formula is C18H27NO2. The van der Waals surface area contributed by atoms with E-state index in [2.05, 4.69) is 13.8 Å². The Morgan fingerprint density at radius 2 is 1.86 bits per heavy atom. The third-order valence-corrected chi connectivity index (χ3v) is 3.25. The van der Waals surface area contributed by atoms with Gasteiger partial charge in [-0.05, 0) is 43.5 Å². The van der Waals surface area contributed by atoms with Crippen LogP contribution in [0.5, 0.6) is 5.75 Å². The SMILES string of the molecule is CCCCN(CC)C(=O)/C=C/c1ccc(OCCC)cc1. The van der Waals surface area contributed by atoms with E-state index >= 15 is 0 Å². The highest BCUT2D eigenvalue weighted by Gasteiger charge is 2.06. The summed E-state index contributed by atoms with van der Waals surface area (Å²) in [6, 6.07) is 7.82. The summed E-state index contributed by atoms with van der Waals surface area (Å²) in [6.07, 6.45) is 6.67. The first-order chi connectivity index (χ1) is 10.2. The van der Waals surface area contributed by atoms with E-state index in [1.807, 2.05) is 42.2 Å². The largest absolute Gasteiger partial charge is 0.494 e. The summed E-state index contributed by atoms with van der Waals surface area (Å²) in [4.78, 5) is 13.9. The number of benzene rings is 1. The summed E-state index contributed by atoms with van der Waals surface area (Å²) >= 11 is 0. The maximum atomic E-state index is 12.1. The normalized spacial score (nSPS) is 10.8. The van der Waals surface area contributed by atoms with Crippen LogP contribution in [0.1, 0.15) is 45.6 Å². The molecule has 116 valence electrons. The summed E-state index contributed by atoms with van der Waals surface area (Å²) in [5.74, 6) is 0.954. The van der Waals surface area contributed by atoms with Gasteiger partial charge in [0.2, 0.25) is 5.91 Å². The van der Waals surface area contributed by atoms with Crippen LogP contribution in [-0.4, -0.2) is 30.5 Å². The summed E-state index contributed by atoms with van der Waals surface area (Å²) < 4.78 is 5.54. The highest BCUT2D eigenvalue weighted by molar-refractivity contribution is 5.91. The summed E-state index contributed by atoms with van der Waals surface area (Å²) in [7, 11) is 0. The topological polar surface area (TPSA) is 29.5 Å². The fourth-order valence-corrected chi connectivity index (χ4v) is 1.94. The summed E-state index contributed by atoms with van der Waals surface area (Å²) in [5, 5.41) is 0. The van der Waals surface area contributed by atoms with E-state index in [9.17, 15) is 4.79 Å². The predicted octanol–water partition coefficient (Wildman–Crippen LogP) is 4.14. The average Bonchev–Trinajstić information content (AvgIpc) is 2.52. The molecule has 3 heteroatoms. The molecule has 0 heterocycles. The zero-order chi connectivity index (χ0) is 15.5. The monoisotopic (exact) mass is 289 g/mol. The third-order valence-electron chi connectivity index (χ3n) is 3.25. The van der Waals surface area contributed by atoms with Crippen LogP contribution in [-0.2, 0) is 4.79 Å². The van der Waals surface area contributed by atoms with Gasteiger partial charge in [-0.15, -0.1) is 0 Å². The summed E-state index contributed by atoms with van der Waals surface area (Å²) in [5.41, 5.74) is 1.01. The molecule has 0 aliphatic heterocycles. The van der Waals surface area contributed by atoms with Crippen LogP contribution in [0.2, 0.25) is 0 Å². The number of carbonyl (C=O) groups is 1. The highest BCUT2D eigenvalue weighted by Crippen LogP contribution is 2.13. The Kier molecular flexibility index (Phi) is 8.25. The van der Waals surface area contributed by atoms with E-state index < -0.39 is 0 Å². The smallest absolute Gasteiger partial charge is 0.246 e. The van der Waals surface area contributed by atoms with Crippen LogP contribution < -0.4 is 4.74 Å². The molecule has 21 heavy (non-hydrogen) atoms. The number of unbranched alkanes of at least 4 members (excludes halogenated alkanes) is 1. The van der Waals surface area contributed by atoms with Crippen LogP contribution in [0.15, 0.2) is 30.3 Å². The number of likely N-dealkylation sites (N-methyl/N-ethyl adjacent to an activating group) is 1. The van der Waals surface area contributed by atoms with Crippen LogP contribution in [0.3, 0.4) is 0 Å². The molecule has 0 unspecified atom stereocenters. The number of rotatable bonds is 9. The summed E-state index contributed by atoms with van der Waals surface area (Å²) in [6.45, 7) is 8.56. The second-order valence-corrected chi connectivity index (χ2v) is 5.02. The molecular weight excluding hydrogens is 262 g/mol. The maximum Gasteiger partial charge on any atom is 0.246 e. The fourth-order valence-electron chi connectivity index (χ4n) is 1.94. The molecule has 0 radical (unpaired) electrons. The van der Waals surface area contributed by atoms with E-state index in [4.69, 9.17) is 4.74 Å². The molecule has 1 aromatic rings. The van der Waals surface area contributed by atoms with Crippen LogP contribution >= 0.6 is 0 Å². The van der Waals surface area contributed by atoms with Crippen molar-refractivity contribution < 1.29 is 9.53 Å². The van der Waals surface area contributed by atoms with E-state index in [0.29, 0.717) is 0 Å². The molecule has 0 aromatic heterocycles. The lowest BCUT2D eigenvalue weighted by molar-refractivity contribution is -0.125. The molecule has 1 amide bonds. The maximum absolute atomic E-state index is 12.1. The Balaban J connectivity index is 2.56. The number of nitrogens with zero attached hydrogens (tertiary/aromatic N) is 1. The lowest BCUT2D eigenvalue weighted by atomic mass is 10.2. The first-order valence-corrected chi connectivity index (χ1v) is 7.91. The minimum absolute atomic E-state index is 0.0808. The van der Waals surface area contributed by atoms with Crippen molar-refractivity contribution in [1.82, 2.24) is 4.90 Å². The Hall–Kier alpha value is -1.77. The van der Waals surface area contributed by atoms with Gasteiger partial charge in [0.25, 0.3) is 0 Å². The minimum atomic E-state index is 0.0808. The van der Waals surface area contributed by atoms with Crippen molar-refractivity contribution in [2.24, 2.45) is 0 Å². The lowest BCUT2D eigenvalue weighted by Crippen LogP contribution is -2.30. The molecule has 1 rings (SSSR count). The number of carbonyl (C=O) groups excluding carboxylic acids is 1. The Morgan fingerprint density at radius 1 is 1.14 bits per heavy atom. The standard InChI is InChI=1S/C18H27NO2/c1-4-7-14-19(6-3)18(20)13-10-16-8-11-17(12-9-16)21-15-5-2/h8-13H,4-7,14-15H2,1-3H3/b13-10+. The van der Waals surface area contributed by atoms with Gasteiger partial charge in [0.15, 0.2) is 0 Å². The molecule has 0 bridgehead atoms. The highest BCUT2D eigenvalue weighted by atomic mass is 16.5. The van der Waals surface area contributed by atoms with Crippen molar-refractivity contribution in [2.45, 2.75) is 40.0 Å². The quantitative estimate of drug-likeness (QED) is 0.639. The molecule has 0 aliphatic carbocycles. The van der Waals surface area contributed by atoms with Crippen LogP contribution in [0.25, 0.3) is 6.08 Å². The number of ether oxygens (including phenoxy) is 1. The fraction of sp³-hybridized carbons (Fsp3) is 0.500. The van der Waals surface area contributed by atoms with Crippen molar-refractivity contribution in [3.63, 3.8) is 0 Å². The first-order valence-electron chi connectivity index (χ1n) is 7.91. The van der Waals surface area contributed by atoms with Gasteiger partial charge in [-0.1, -0.05) is 32.4 Å². The molecule has 0 saturated heterocycles. The predicted molar refractivity (Wildman–Crippen MR) is 88.4 cm³/mol. The van der Waals surface area contributed by atoms with Gasteiger partial charge in [0, 0.05) is 19.2 Å². The zero-order valence-electron chi connectivity index (χ0n) is 13.5. The van der Waals surface area contributed by atoms with Gasteiger partial charge < -0.3 is 9.64 Å². The second kappa shape index (κ2) is 10.0. The molecule has 0 N–H and O–H groups in total. The molecule has 1 aromatic carbocycles. The second-order valence-electron chi connectivity index (χ2n) is 5.02. The van der Waals surface area contributed by atoms with E-state index in [1.54, 1.807) is 6.08 Å². The molecule has 0 atom stereocenters. The van der Waals surface area contributed by atoms with Gasteiger partial charge in [-0.3, -0.25) is 4.79 Å². The Morgan fingerprint density at radius 3 is 2.43 bits per heavy atom. The van der Waals surface area contributed by atoms with Crippen molar-refractivity contribution >= 4 is 12.0 Å². The van der Waals surface area contributed by atoms with Gasteiger partial charge in [0.1, 0.15) is 5.75 Å². The van der Waals surface area contributed by atoms with Crippen molar-refractivity contribution in [2.75, 3.05) is 19.7 Å². The molecule has 0 aliphatic rings. The van der Waals surface area contributed by atoms with Crippen molar-refractivity contribution in [1.29, 1.82) is 0 Å². The van der Waals surface area contributed by atoms with Crippen LogP contribution in [0, 0.1) is 0 Å². The Labute approximate surface area is 128 Å². The third kappa shape index (κ3) is 6.48. The Bertz CT molecular complexity index is 437. The van der Waals surface area contributed by atoms with Crippen molar-refractivity contribution in [3.8, 4) is 5.75 Å². The molecule has 0 spiro atoms. The number of hydrogen-bond acceptors (Lipinski definition) is 2. The molecule has 3 nitrogen and oxygen atoms in total. The number of amides is 1. The molecule has 0 saturated carbocycles. The van der Waals surface area contributed by atoms with E-state index in [1.165, 1.54) is 0 Å². The number of hydrogen-bond donors (Lipinski definition) is 0.